The highest BCUT2D eigenvalue weighted by molar-refractivity contribution is 7.91. The number of sulfone groups is 1. The molecule has 0 radical (unpaired) electrons. The topological polar surface area (TPSA) is 63.7 Å². The van der Waals surface area contributed by atoms with E-state index in [0.717, 1.165) is 11.3 Å². The molecule has 1 unspecified atom stereocenters. The Morgan fingerprint density at radius 2 is 1.95 bits per heavy atom. The van der Waals surface area contributed by atoms with Crippen LogP contribution in [-0.2, 0) is 14.6 Å². The molecular formula is C16H21NO4S. The summed E-state index contributed by atoms with van der Waals surface area (Å²) in [6, 6.07) is 7.34. The third-order valence-corrected chi connectivity index (χ3v) is 6.04. The molecule has 1 saturated heterocycles. The van der Waals surface area contributed by atoms with E-state index in [1.807, 2.05) is 31.2 Å². The van der Waals surface area contributed by atoms with Crippen molar-refractivity contribution in [2.24, 2.45) is 0 Å². The molecule has 120 valence electrons. The SMILES string of the molecule is COc1ccc(/C=C/C(=O)N(C)C2(C)CCS(=O)(=O)C2)cc1. The lowest BCUT2D eigenvalue weighted by molar-refractivity contribution is -0.129. The zero-order valence-electron chi connectivity index (χ0n) is 13.1. The molecule has 0 aromatic heterocycles. The zero-order chi connectivity index (χ0) is 16.4. The number of methoxy groups -OCH3 is 1. The first-order valence-electron chi connectivity index (χ1n) is 7.06. The lowest BCUT2D eigenvalue weighted by Crippen LogP contribution is -2.47. The maximum atomic E-state index is 12.3. The van der Waals surface area contributed by atoms with Gasteiger partial charge in [-0.15, -0.1) is 0 Å². The first-order valence-corrected chi connectivity index (χ1v) is 8.88. The van der Waals surface area contributed by atoms with Crippen molar-refractivity contribution in [2.45, 2.75) is 18.9 Å². The summed E-state index contributed by atoms with van der Waals surface area (Å²) in [7, 11) is 0.212. The molecule has 0 bridgehead atoms. The third kappa shape index (κ3) is 3.68. The first kappa shape index (κ1) is 16.5. The van der Waals surface area contributed by atoms with Gasteiger partial charge in [0.25, 0.3) is 0 Å². The van der Waals surface area contributed by atoms with Crippen LogP contribution < -0.4 is 4.74 Å². The Bertz CT molecular complexity index is 679. The minimum Gasteiger partial charge on any atom is -0.497 e. The molecule has 1 aliphatic heterocycles. The molecule has 1 fully saturated rings. The quantitative estimate of drug-likeness (QED) is 0.792. The molecular weight excluding hydrogens is 302 g/mol. The lowest BCUT2D eigenvalue weighted by atomic mass is 10.00. The second-order valence-corrected chi connectivity index (χ2v) is 8.03. The number of amides is 1. The van der Waals surface area contributed by atoms with Gasteiger partial charge in [-0.25, -0.2) is 8.42 Å². The first-order chi connectivity index (χ1) is 10.3. The smallest absolute Gasteiger partial charge is 0.246 e. The van der Waals surface area contributed by atoms with E-state index in [2.05, 4.69) is 0 Å². The average molecular weight is 323 g/mol. The monoisotopic (exact) mass is 323 g/mol. The van der Waals surface area contributed by atoms with E-state index < -0.39 is 15.4 Å². The van der Waals surface area contributed by atoms with Gasteiger partial charge in [0.15, 0.2) is 9.84 Å². The number of carbonyl (C=O) groups is 1. The minimum absolute atomic E-state index is 0.0264. The van der Waals surface area contributed by atoms with Crippen LogP contribution in [0, 0.1) is 0 Å². The molecule has 0 aliphatic carbocycles. The number of rotatable bonds is 4. The fourth-order valence-electron chi connectivity index (χ4n) is 2.52. The summed E-state index contributed by atoms with van der Waals surface area (Å²) < 4.78 is 28.4. The van der Waals surface area contributed by atoms with E-state index in [-0.39, 0.29) is 17.4 Å². The van der Waals surface area contributed by atoms with Crippen LogP contribution in [0.25, 0.3) is 6.08 Å². The van der Waals surface area contributed by atoms with Crippen molar-refractivity contribution < 1.29 is 17.9 Å². The van der Waals surface area contributed by atoms with Gasteiger partial charge in [-0.1, -0.05) is 12.1 Å². The number of nitrogens with zero attached hydrogens (tertiary/aromatic N) is 1. The maximum absolute atomic E-state index is 12.3. The van der Waals surface area contributed by atoms with Gasteiger partial charge in [-0.2, -0.15) is 0 Å². The van der Waals surface area contributed by atoms with Crippen molar-refractivity contribution in [3.05, 3.63) is 35.9 Å². The van der Waals surface area contributed by atoms with Crippen LogP contribution in [0.1, 0.15) is 18.9 Å². The predicted octanol–water partition coefficient (Wildman–Crippen LogP) is 1.74. The Hall–Kier alpha value is -1.82. The molecule has 6 heteroatoms. The van der Waals surface area contributed by atoms with Gasteiger partial charge in [0, 0.05) is 13.1 Å². The molecule has 1 aliphatic rings. The van der Waals surface area contributed by atoms with Crippen LogP contribution in [0.15, 0.2) is 30.3 Å². The number of ether oxygens (including phenoxy) is 1. The molecule has 1 aromatic rings. The maximum Gasteiger partial charge on any atom is 0.246 e. The summed E-state index contributed by atoms with van der Waals surface area (Å²) in [4.78, 5) is 13.8. The van der Waals surface area contributed by atoms with E-state index in [1.54, 1.807) is 20.2 Å². The molecule has 0 spiro atoms. The fraction of sp³-hybridized carbons (Fsp3) is 0.438. The van der Waals surface area contributed by atoms with Crippen molar-refractivity contribution in [1.29, 1.82) is 0 Å². The van der Waals surface area contributed by atoms with Crippen LogP contribution in [0.5, 0.6) is 5.75 Å². The number of likely N-dealkylation sites (N-methyl/N-ethyl adjacent to an activating group) is 1. The largest absolute Gasteiger partial charge is 0.497 e. The zero-order valence-corrected chi connectivity index (χ0v) is 13.9. The molecule has 5 nitrogen and oxygen atoms in total. The molecule has 0 saturated carbocycles. The van der Waals surface area contributed by atoms with Crippen molar-refractivity contribution in [2.75, 3.05) is 25.7 Å². The molecule has 2 rings (SSSR count). The van der Waals surface area contributed by atoms with Crippen LogP contribution in [0.2, 0.25) is 0 Å². The minimum atomic E-state index is -3.04. The Balaban J connectivity index is 2.06. The predicted molar refractivity (Wildman–Crippen MR) is 86.5 cm³/mol. The normalized spacial score (nSPS) is 23.6. The Morgan fingerprint density at radius 1 is 1.32 bits per heavy atom. The van der Waals surface area contributed by atoms with E-state index >= 15 is 0 Å². The molecule has 0 N–H and O–H groups in total. The second-order valence-electron chi connectivity index (χ2n) is 5.84. The molecule has 1 aromatic carbocycles. The summed E-state index contributed by atoms with van der Waals surface area (Å²) >= 11 is 0. The van der Waals surface area contributed by atoms with Crippen molar-refractivity contribution in [3.8, 4) is 5.75 Å². The van der Waals surface area contributed by atoms with Gasteiger partial charge >= 0.3 is 0 Å². The molecule has 1 heterocycles. The Kier molecular flexibility index (Phi) is 4.60. The van der Waals surface area contributed by atoms with E-state index in [9.17, 15) is 13.2 Å². The van der Waals surface area contributed by atoms with Crippen LogP contribution in [0.4, 0.5) is 0 Å². The highest BCUT2D eigenvalue weighted by atomic mass is 32.2. The van der Waals surface area contributed by atoms with Crippen molar-refractivity contribution >= 4 is 21.8 Å². The number of hydrogen-bond acceptors (Lipinski definition) is 4. The average Bonchev–Trinajstić information content (AvgIpc) is 2.79. The standard InChI is InChI=1S/C16H21NO4S/c1-16(10-11-22(19,20)12-16)17(2)15(18)9-6-13-4-7-14(21-3)8-5-13/h4-9H,10-12H2,1-3H3/b9-6+. The highest BCUT2D eigenvalue weighted by Gasteiger charge is 2.42. The molecule has 1 atom stereocenters. The lowest BCUT2D eigenvalue weighted by Gasteiger charge is -2.33. The third-order valence-electron chi connectivity index (χ3n) is 4.16. The molecule has 1 amide bonds. The number of hydrogen-bond donors (Lipinski definition) is 0. The van der Waals surface area contributed by atoms with E-state index in [0.29, 0.717) is 6.42 Å². The Morgan fingerprint density at radius 3 is 2.45 bits per heavy atom. The summed E-state index contributed by atoms with van der Waals surface area (Å²) in [5.41, 5.74) is 0.256. The summed E-state index contributed by atoms with van der Waals surface area (Å²) in [5, 5.41) is 0. The highest BCUT2D eigenvalue weighted by Crippen LogP contribution is 2.28. The van der Waals surface area contributed by atoms with Crippen LogP contribution in [-0.4, -0.2) is 50.4 Å². The van der Waals surface area contributed by atoms with Crippen LogP contribution >= 0.6 is 0 Å². The van der Waals surface area contributed by atoms with Crippen LogP contribution in [0.3, 0.4) is 0 Å². The van der Waals surface area contributed by atoms with Crippen molar-refractivity contribution in [3.63, 3.8) is 0 Å². The van der Waals surface area contributed by atoms with E-state index in [4.69, 9.17) is 4.74 Å². The Labute approximate surface area is 131 Å². The van der Waals surface area contributed by atoms with Gasteiger partial charge in [-0.3, -0.25) is 4.79 Å². The molecule has 22 heavy (non-hydrogen) atoms. The fourth-order valence-corrected chi connectivity index (χ4v) is 4.70. The summed E-state index contributed by atoms with van der Waals surface area (Å²) in [6.07, 6.45) is 3.66. The summed E-state index contributed by atoms with van der Waals surface area (Å²) in [6.45, 7) is 1.82. The summed E-state index contributed by atoms with van der Waals surface area (Å²) in [5.74, 6) is 0.724. The van der Waals surface area contributed by atoms with Gasteiger partial charge in [-0.05, 0) is 37.1 Å². The van der Waals surface area contributed by atoms with Gasteiger partial charge in [0.2, 0.25) is 5.91 Å². The van der Waals surface area contributed by atoms with Gasteiger partial charge < -0.3 is 9.64 Å². The van der Waals surface area contributed by atoms with Gasteiger partial charge in [0.1, 0.15) is 5.75 Å². The number of benzene rings is 1. The van der Waals surface area contributed by atoms with E-state index in [1.165, 1.54) is 11.0 Å². The second kappa shape index (κ2) is 6.12. The van der Waals surface area contributed by atoms with Crippen molar-refractivity contribution in [1.82, 2.24) is 4.90 Å². The number of carbonyl (C=O) groups excluding carboxylic acids is 1. The van der Waals surface area contributed by atoms with Gasteiger partial charge in [0.05, 0.1) is 24.2 Å².